The van der Waals surface area contributed by atoms with Crippen molar-refractivity contribution in [2.45, 2.75) is 0 Å². The Morgan fingerprint density at radius 3 is 2.27 bits per heavy atom. The van der Waals surface area contributed by atoms with Gasteiger partial charge >= 0.3 is 0 Å². The van der Waals surface area contributed by atoms with Gasteiger partial charge in [-0.1, -0.05) is 24.8 Å². The van der Waals surface area contributed by atoms with Crippen molar-refractivity contribution in [3.05, 3.63) is 49.5 Å². The lowest BCUT2D eigenvalue weighted by Crippen LogP contribution is -1.59. The van der Waals surface area contributed by atoms with Crippen LogP contribution in [0.2, 0.25) is 0 Å². The van der Waals surface area contributed by atoms with Gasteiger partial charge in [-0.25, -0.2) is 0 Å². The van der Waals surface area contributed by atoms with Crippen LogP contribution >= 0.6 is 0 Å². The summed E-state index contributed by atoms with van der Waals surface area (Å²) in [5.74, 6) is 0. The topological polar surface area (TPSA) is 33.1 Å². The fraction of sp³-hybridized carbons (Fsp3) is 0. The number of rotatable bonds is 5. The third-order valence-electron chi connectivity index (χ3n) is 0.794. The van der Waals surface area contributed by atoms with Crippen LogP contribution in [0.3, 0.4) is 0 Å². The van der Waals surface area contributed by atoms with Gasteiger partial charge in [0.25, 0.3) is 0 Å². The molecule has 0 unspecified atom stereocenters. The number of hydrogen-bond donors (Lipinski definition) is 1. The summed E-state index contributed by atoms with van der Waals surface area (Å²) >= 11 is 0. The van der Waals surface area contributed by atoms with Gasteiger partial charge in [0, 0.05) is 6.21 Å². The average molecular weight is 149 g/mol. The molecule has 11 heavy (non-hydrogen) atoms. The predicted octanol–water partition coefficient (Wildman–Crippen LogP) is 2.42. The van der Waals surface area contributed by atoms with Gasteiger partial charge in [-0.2, -0.15) is 0 Å². The van der Waals surface area contributed by atoms with E-state index in [0.29, 0.717) is 0 Å². The lowest BCUT2D eigenvalue weighted by molar-refractivity contribution is 0.405. The molecule has 1 N–H and O–H groups in total. The molecule has 0 amide bonds. The van der Waals surface area contributed by atoms with Crippen LogP contribution in [-0.2, 0) is 4.74 Å². The van der Waals surface area contributed by atoms with Crippen LogP contribution in [0.4, 0.5) is 0 Å². The maximum absolute atomic E-state index is 6.65. The molecule has 58 valence electrons. The summed E-state index contributed by atoms with van der Waals surface area (Å²) in [6.07, 6.45) is 12.8. The summed E-state index contributed by atoms with van der Waals surface area (Å²) < 4.78 is 4.70. The molecule has 0 fully saturated rings. The highest BCUT2D eigenvalue weighted by Crippen LogP contribution is 1.81. The molecule has 0 saturated carbocycles. The molecule has 0 heterocycles. The third kappa shape index (κ3) is 8.43. The van der Waals surface area contributed by atoms with Crippen molar-refractivity contribution in [1.29, 1.82) is 5.41 Å². The van der Waals surface area contributed by atoms with Gasteiger partial charge in [0.2, 0.25) is 0 Å². The van der Waals surface area contributed by atoms with Crippen molar-refractivity contribution < 1.29 is 4.74 Å². The Morgan fingerprint density at radius 2 is 1.64 bits per heavy atom. The van der Waals surface area contributed by atoms with Crippen molar-refractivity contribution in [2.24, 2.45) is 0 Å². The van der Waals surface area contributed by atoms with Gasteiger partial charge in [0.1, 0.15) is 0 Å². The molecule has 0 bridgehead atoms. The van der Waals surface area contributed by atoms with Gasteiger partial charge in [-0.15, -0.1) is 0 Å². The molecule has 0 aliphatic rings. The zero-order valence-corrected chi connectivity index (χ0v) is 6.23. The van der Waals surface area contributed by atoms with E-state index in [-0.39, 0.29) is 0 Å². The second-order valence-corrected chi connectivity index (χ2v) is 1.57. The van der Waals surface area contributed by atoms with E-state index in [2.05, 4.69) is 6.58 Å². The van der Waals surface area contributed by atoms with Crippen molar-refractivity contribution in [3.8, 4) is 0 Å². The van der Waals surface area contributed by atoms with E-state index in [1.165, 1.54) is 18.7 Å². The van der Waals surface area contributed by atoms with Crippen molar-refractivity contribution in [1.82, 2.24) is 0 Å². The molecule has 0 rings (SSSR count). The molecular formula is C9H11NO. The molecule has 0 saturated heterocycles. The lowest BCUT2D eigenvalue weighted by Gasteiger charge is -1.81. The number of ether oxygens (including phenoxy) is 1. The molecular weight excluding hydrogens is 138 g/mol. The van der Waals surface area contributed by atoms with Crippen LogP contribution in [0.5, 0.6) is 0 Å². The summed E-state index contributed by atoms with van der Waals surface area (Å²) in [6, 6.07) is 0. The van der Waals surface area contributed by atoms with Gasteiger partial charge in [-0.05, 0) is 12.2 Å². The fourth-order valence-electron chi connectivity index (χ4n) is 0.394. The van der Waals surface area contributed by atoms with Crippen LogP contribution in [-0.4, -0.2) is 6.21 Å². The molecule has 0 aromatic carbocycles. The standard InChI is InChI=1S/C9H11NO/c1-2-11-9-7-5-3-4-6-8-10/h2-10H,1H2/b5-3-,6-4-,9-7+,10-8?. The summed E-state index contributed by atoms with van der Waals surface area (Å²) in [4.78, 5) is 0. The zero-order chi connectivity index (χ0) is 8.36. The minimum absolute atomic E-state index is 1.22. The Morgan fingerprint density at radius 1 is 1.00 bits per heavy atom. The van der Waals surface area contributed by atoms with Crippen molar-refractivity contribution >= 4 is 6.21 Å². The summed E-state index contributed by atoms with van der Waals surface area (Å²) in [6.45, 7) is 3.37. The van der Waals surface area contributed by atoms with Gasteiger partial charge < -0.3 is 10.1 Å². The highest BCUT2D eigenvalue weighted by molar-refractivity contribution is 5.68. The molecule has 0 aliphatic heterocycles. The van der Waals surface area contributed by atoms with Crippen molar-refractivity contribution in [2.75, 3.05) is 0 Å². The first-order chi connectivity index (χ1) is 5.41. The Bertz CT molecular complexity index is 190. The predicted molar refractivity (Wildman–Crippen MR) is 47.5 cm³/mol. The van der Waals surface area contributed by atoms with Crippen LogP contribution in [0.25, 0.3) is 0 Å². The Hall–Kier alpha value is -1.57. The first kappa shape index (κ1) is 9.43. The molecule has 0 radical (unpaired) electrons. The van der Waals surface area contributed by atoms with Crippen LogP contribution in [0.15, 0.2) is 49.5 Å². The molecule has 2 heteroatoms. The molecule has 0 spiro atoms. The quantitative estimate of drug-likeness (QED) is 0.363. The summed E-state index contributed by atoms with van der Waals surface area (Å²) in [5.41, 5.74) is 0. The second kappa shape index (κ2) is 8.43. The Balaban J connectivity index is 3.50. The average Bonchev–Trinajstić information content (AvgIpc) is 2.03. The van der Waals surface area contributed by atoms with E-state index in [4.69, 9.17) is 10.1 Å². The van der Waals surface area contributed by atoms with E-state index in [0.717, 1.165) is 0 Å². The highest BCUT2D eigenvalue weighted by atomic mass is 16.5. The van der Waals surface area contributed by atoms with E-state index >= 15 is 0 Å². The fourth-order valence-corrected chi connectivity index (χ4v) is 0.394. The second-order valence-electron chi connectivity index (χ2n) is 1.57. The summed E-state index contributed by atoms with van der Waals surface area (Å²) in [5, 5.41) is 6.65. The summed E-state index contributed by atoms with van der Waals surface area (Å²) in [7, 11) is 0. The van der Waals surface area contributed by atoms with E-state index in [1.54, 1.807) is 30.4 Å². The Labute approximate surface area is 66.7 Å². The number of hydrogen-bond acceptors (Lipinski definition) is 2. The van der Waals surface area contributed by atoms with Gasteiger partial charge in [-0.3, -0.25) is 0 Å². The first-order valence-corrected chi connectivity index (χ1v) is 3.17. The molecule has 2 nitrogen and oxygen atoms in total. The minimum Gasteiger partial charge on any atom is -0.473 e. The van der Waals surface area contributed by atoms with E-state index in [1.807, 2.05) is 0 Å². The Kier molecular flexibility index (Phi) is 7.23. The molecule has 0 aromatic heterocycles. The van der Waals surface area contributed by atoms with Crippen molar-refractivity contribution in [3.63, 3.8) is 0 Å². The van der Waals surface area contributed by atoms with Crippen LogP contribution in [0, 0.1) is 5.41 Å². The van der Waals surface area contributed by atoms with E-state index in [9.17, 15) is 0 Å². The third-order valence-corrected chi connectivity index (χ3v) is 0.794. The lowest BCUT2D eigenvalue weighted by atomic mass is 10.4. The van der Waals surface area contributed by atoms with Gasteiger partial charge in [0.05, 0.1) is 12.5 Å². The maximum atomic E-state index is 6.65. The normalized spacial score (nSPS) is 11.3. The zero-order valence-electron chi connectivity index (χ0n) is 6.23. The number of nitrogens with one attached hydrogen (secondary N) is 1. The van der Waals surface area contributed by atoms with E-state index < -0.39 is 0 Å². The first-order valence-electron chi connectivity index (χ1n) is 3.17. The number of allylic oxidation sites excluding steroid dienone is 5. The monoisotopic (exact) mass is 149 g/mol. The molecule has 0 aliphatic carbocycles. The molecule has 0 aromatic rings. The molecule has 0 atom stereocenters. The minimum atomic E-state index is 1.22. The smallest absolute Gasteiger partial charge is 0.0901 e. The van der Waals surface area contributed by atoms with Gasteiger partial charge in [0.15, 0.2) is 0 Å². The maximum Gasteiger partial charge on any atom is 0.0901 e. The largest absolute Gasteiger partial charge is 0.473 e. The van der Waals surface area contributed by atoms with Crippen LogP contribution < -0.4 is 0 Å². The van der Waals surface area contributed by atoms with Crippen LogP contribution in [0.1, 0.15) is 0 Å². The SMILES string of the molecule is C=CO/C=C/C=C\C=C/C=N. The highest BCUT2D eigenvalue weighted by Gasteiger charge is 1.62.